The number of alkyl halides is 3. The van der Waals surface area contributed by atoms with Gasteiger partial charge in [0.15, 0.2) is 5.60 Å². The molecule has 1 aliphatic carbocycles. The van der Waals surface area contributed by atoms with Gasteiger partial charge in [0.05, 0.1) is 0 Å². The first-order chi connectivity index (χ1) is 18.7. The average Bonchev–Trinajstić information content (AvgIpc) is 3.20. The van der Waals surface area contributed by atoms with Crippen molar-refractivity contribution in [2.75, 3.05) is 44.2 Å². The van der Waals surface area contributed by atoms with E-state index in [1.165, 1.54) is 0 Å². The maximum absolute atomic E-state index is 12.8. The molecule has 0 radical (unpaired) electrons. The van der Waals surface area contributed by atoms with E-state index in [0.29, 0.717) is 6.42 Å². The van der Waals surface area contributed by atoms with E-state index in [0.717, 1.165) is 79.3 Å². The Balaban J connectivity index is 1.25. The van der Waals surface area contributed by atoms with Crippen molar-refractivity contribution in [1.29, 1.82) is 0 Å². The van der Waals surface area contributed by atoms with Gasteiger partial charge in [-0.25, -0.2) is 9.78 Å². The third-order valence-electron chi connectivity index (χ3n) is 7.54. The van der Waals surface area contributed by atoms with E-state index < -0.39 is 24.4 Å². The number of piperazine rings is 1. The number of amides is 1. The lowest BCUT2D eigenvalue weighted by Gasteiger charge is -2.36. The Bertz CT molecular complexity index is 1260. The highest BCUT2D eigenvalue weighted by Crippen LogP contribution is 2.52. The second-order valence-corrected chi connectivity index (χ2v) is 10.2. The monoisotopic (exact) mass is 538 g/mol. The summed E-state index contributed by atoms with van der Waals surface area (Å²) in [5.74, 6) is 1.01. The molecule has 0 spiro atoms. The standard InChI is InChI=1S/C30H33F3N4O2/c1-22-9-8-14-27(35-22)37-19-17-36(18-20-37)16-7-6-15-29(39-28(38)34-21-30(31,32)33)25-12-4-2-10-23(25)24-11-3-5-13-26(24)29/h2-5,8-14H,6-7,15-21H2,1H3,(H,34,38). The number of hydrogen-bond donors (Lipinski definition) is 1. The number of benzene rings is 2. The van der Waals surface area contributed by atoms with E-state index in [4.69, 9.17) is 4.74 Å². The number of unbranched alkanes of at least 4 members (excludes halogenated alkanes) is 1. The Morgan fingerprint density at radius 2 is 1.56 bits per heavy atom. The first-order valence-corrected chi connectivity index (χ1v) is 13.4. The molecule has 1 aromatic heterocycles. The first kappa shape index (κ1) is 27.0. The van der Waals surface area contributed by atoms with E-state index in [9.17, 15) is 18.0 Å². The van der Waals surface area contributed by atoms with Crippen LogP contribution < -0.4 is 10.2 Å². The molecule has 0 bridgehead atoms. The van der Waals surface area contributed by atoms with Crippen LogP contribution in [0, 0.1) is 6.92 Å². The maximum Gasteiger partial charge on any atom is 0.408 e. The summed E-state index contributed by atoms with van der Waals surface area (Å²) in [5.41, 5.74) is 3.38. The van der Waals surface area contributed by atoms with Crippen molar-refractivity contribution in [2.45, 2.75) is 38.0 Å². The highest BCUT2D eigenvalue weighted by molar-refractivity contribution is 5.82. The van der Waals surface area contributed by atoms with Crippen LogP contribution in [-0.2, 0) is 10.3 Å². The van der Waals surface area contributed by atoms with Crippen molar-refractivity contribution in [1.82, 2.24) is 15.2 Å². The van der Waals surface area contributed by atoms with Crippen molar-refractivity contribution >= 4 is 11.9 Å². The zero-order valence-corrected chi connectivity index (χ0v) is 22.0. The second kappa shape index (κ2) is 11.3. The van der Waals surface area contributed by atoms with E-state index in [-0.39, 0.29) is 0 Å². The molecule has 9 heteroatoms. The second-order valence-electron chi connectivity index (χ2n) is 10.2. The normalized spacial score (nSPS) is 16.5. The SMILES string of the molecule is Cc1cccc(N2CCN(CCCCC3(OC(=O)NCC(F)(F)F)c4ccccc4-c4ccccc43)CC2)n1. The summed E-state index contributed by atoms with van der Waals surface area (Å²) in [6.07, 6.45) is -3.48. The van der Waals surface area contributed by atoms with Crippen LogP contribution >= 0.6 is 0 Å². The lowest BCUT2D eigenvalue weighted by atomic mass is 9.86. The van der Waals surface area contributed by atoms with Gasteiger partial charge in [-0.15, -0.1) is 0 Å². The maximum atomic E-state index is 12.8. The molecular formula is C30H33F3N4O2. The molecule has 6 nitrogen and oxygen atoms in total. The van der Waals surface area contributed by atoms with E-state index in [1.54, 1.807) is 0 Å². The number of anilines is 1. The number of hydrogen-bond acceptors (Lipinski definition) is 5. The summed E-state index contributed by atoms with van der Waals surface area (Å²) in [6.45, 7) is 5.14. The topological polar surface area (TPSA) is 57.7 Å². The quantitative estimate of drug-likeness (QED) is 0.362. The number of nitrogens with one attached hydrogen (secondary N) is 1. The van der Waals surface area contributed by atoms with Crippen LogP contribution in [0.3, 0.4) is 0 Å². The fourth-order valence-electron chi connectivity index (χ4n) is 5.70. The fraction of sp³-hybridized carbons (Fsp3) is 0.400. The summed E-state index contributed by atoms with van der Waals surface area (Å²) < 4.78 is 44.3. The Hall–Kier alpha value is -3.59. The molecule has 2 heterocycles. The number of ether oxygens (including phenoxy) is 1. The van der Waals surface area contributed by atoms with Gasteiger partial charge in [0.25, 0.3) is 0 Å². The van der Waals surface area contributed by atoms with E-state index >= 15 is 0 Å². The Morgan fingerprint density at radius 3 is 2.18 bits per heavy atom. The number of aromatic nitrogens is 1. The minimum absolute atomic E-state index is 0.480. The molecule has 2 aliphatic rings. The fourth-order valence-corrected chi connectivity index (χ4v) is 5.70. The van der Waals surface area contributed by atoms with Crippen LogP contribution in [0.2, 0.25) is 0 Å². The summed E-state index contributed by atoms with van der Waals surface area (Å²) in [6, 6.07) is 21.4. The van der Waals surface area contributed by atoms with E-state index in [1.807, 2.05) is 79.0 Å². The Morgan fingerprint density at radius 1 is 0.923 bits per heavy atom. The molecule has 0 unspecified atom stereocenters. The van der Waals surface area contributed by atoms with Crippen molar-refractivity contribution in [3.63, 3.8) is 0 Å². The molecule has 1 amide bonds. The van der Waals surface area contributed by atoms with Crippen LogP contribution in [0.25, 0.3) is 11.1 Å². The van der Waals surface area contributed by atoms with Gasteiger partial charge in [-0.05, 0) is 56.0 Å². The number of carbonyl (C=O) groups excluding carboxylic acids is 1. The first-order valence-electron chi connectivity index (χ1n) is 13.4. The number of pyridine rings is 1. The number of halogens is 3. The number of rotatable bonds is 8. The summed E-state index contributed by atoms with van der Waals surface area (Å²) in [5, 5.41) is 1.89. The number of fused-ring (bicyclic) bond motifs is 3. The van der Waals surface area contributed by atoms with Gasteiger partial charge < -0.3 is 15.0 Å². The van der Waals surface area contributed by atoms with Crippen LogP contribution in [-0.4, -0.2) is 61.4 Å². The summed E-state index contributed by atoms with van der Waals surface area (Å²) in [7, 11) is 0. The van der Waals surface area contributed by atoms with Crippen LogP contribution in [0.5, 0.6) is 0 Å². The minimum Gasteiger partial charge on any atom is -0.433 e. The third kappa shape index (κ3) is 6.03. The third-order valence-corrected chi connectivity index (χ3v) is 7.54. The van der Waals surface area contributed by atoms with Crippen LogP contribution in [0.1, 0.15) is 36.1 Å². The molecule has 1 saturated heterocycles. The molecule has 1 fully saturated rings. The predicted octanol–water partition coefficient (Wildman–Crippen LogP) is 5.90. The van der Waals surface area contributed by atoms with Crippen LogP contribution in [0.4, 0.5) is 23.8 Å². The molecule has 0 saturated carbocycles. The molecule has 1 aliphatic heterocycles. The number of aryl methyl sites for hydroxylation is 1. The largest absolute Gasteiger partial charge is 0.433 e. The number of alkyl carbamates (subject to hydrolysis) is 1. The molecule has 0 atom stereocenters. The van der Waals surface area contributed by atoms with Crippen molar-refractivity contribution < 1.29 is 22.7 Å². The van der Waals surface area contributed by atoms with E-state index in [2.05, 4.69) is 14.8 Å². The lowest BCUT2D eigenvalue weighted by Crippen LogP contribution is -2.47. The smallest absolute Gasteiger partial charge is 0.408 e. The predicted molar refractivity (Wildman–Crippen MR) is 145 cm³/mol. The van der Waals surface area contributed by atoms with Gasteiger partial charge in [-0.1, -0.05) is 54.6 Å². The van der Waals surface area contributed by atoms with Gasteiger partial charge in [-0.3, -0.25) is 4.90 Å². The minimum atomic E-state index is -4.52. The van der Waals surface area contributed by atoms with Crippen molar-refractivity contribution in [3.8, 4) is 11.1 Å². The Labute approximate surface area is 226 Å². The van der Waals surface area contributed by atoms with Crippen molar-refractivity contribution in [2.24, 2.45) is 0 Å². The lowest BCUT2D eigenvalue weighted by molar-refractivity contribution is -0.124. The molecule has 206 valence electrons. The molecule has 3 aromatic rings. The molecule has 5 rings (SSSR count). The van der Waals surface area contributed by atoms with Gasteiger partial charge in [0, 0.05) is 43.0 Å². The molecule has 1 N–H and O–H groups in total. The van der Waals surface area contributed by atoms with Gasteiger partial charge in [0.2, 0.25) is 0 Å². The summed E-state index contributed by atoms with van der Waals surface area (Å²) >= 11 is 0. The zero-order chi connectivity index (χ0) is 27.5. The van der Waals surface area contributed by atoms with Gasteiger partial charge in [-0.2, -0.15) is 13.2 Å². The number of nitrogens with zero attached hydrogens (tertiary/aromatic N) is 3. The highest BCUT2D eigenvalue weighted by atomic mass is 19.4. The molecule has 2 aromatic carbocycles. The molecular weight excluding hydrogens is 505 g/mol. The van der Waals surface area contributed by atoms with Crippen LogP contribution in [0.15, 0.2) is 66.7 Å². The number of carbonyl (C=O) groups is 1. The highest BCUT2D eigenvalue weighted by Gasteiger charge is 2.46. The summed E-state index contributed by atoms with van der Waals surface area (Å²) in [4.78, 5) is 22.0. The molecule has 39 heavy (non-hydrogen) atoms. The van der Waals surface area contributed by atoms with Gasteiger partial charge >= 0.3 is 12.3 Å². The van der Waals surface area contributed by atoms with Gasteiger partial charge in [0.1, 0.15) is 12.4 Å². The average molecular weight is 539 g/mol. The Kier molecular flexibility index (Phi) is 7.79. The van der Waals surface area contributed by atoms with Crippen molar-refractivity contribution in [3.05, 3.63) is 83.6 Å². The zero-order valence-electron chi connectivity index (χ0n) is 22.0.